The lowest BCUT2D eigenvalue weighted by Gasteiger charge is -2.39. The molecule has 1 N–H and O–H groups in total. The van der Waals surface area contributed by atoms with Crippen LogP contribution in [0.5, 0.6) is 0 Å². The van der Waals surface area contributed by atoms with E-state index in [0.29, 0.717) is 40.6 Å². The molecule has 0 radical (unpaired) electrons. The van der Waals surface area contributed by atoms with Gasteiger partial charge in [-0.1, -0.05) is 42.5 Å². The summed E-state index contributed by atoms with van der Waals surface area (Å²) >= 11 is 1.14. The number of rotatable bonds is 10. The van der Waals surface area contributed by atoms with Gasteiger partial charge in [0.2, 0.25) is 5.91 Å². The Morgan fingerprint density at radius 3 is 2.41 bits per heavy atom. The number of carbonyl (C=O) groups excluding carboxylic acids is 1. The van der Waals surface area contributed by atoms with Crippen LogP contribution >= 0.6 is 11.3 Å². The number of sulfone groups is 1. The number of ether oxygens (including phenoxy) is 1. The van der Waals surface area contributed by atoms with Gasteiger partial charge < -0.3 is 15.0 Å². The van der Waals surface area contributed by atoms with Crippen LogP contribution in [-0.2, 0) is 32.0 Å². The fraction of sp³-hybridized carbons (Fsp3) is 0.407. The Balaban J connectivity index is 1.45. The second-order valence-corrected chi connectivity index (χ2v) is 12.9. The van der Waals surface area contributed by atoms with Crippen LogP contribution in [0.2, 0.25) is 0 Å². The first-order valence-electron chi connectivity index (χ1n) is 12.8. The van der Waals surface area contributed by atoms with Crippen molar-refractivity contribution in [1.82, 2.24) is 4.98 Å². The lowest BCUT2D eigenvalue weighted by atomic mass is 9.87. The number of halogens is 5. The number of piperidine rings is 1. The Hall–Kier alpha value is -3.10. The first-order valence-corrected chi connectivity index (χ1v) is 15.2. The van der Waals surface area contributed by atoms with Gasteiger partial charge in [-0.3, -0.25) is 4.79 Å². The van der Waals surface area contributed by atoms with Gasteiger partial charge in [-0.05, 0) is 48.2 Å². The summed E-state index contributed by atoms with van der Waals surface area (Å²) in [7, 11) is -3.35. The fourth-order valence-electron chi connectivity index (χ4n) is 4.64. The summed E-state index contributed by atoms with van der Waals surface area (Å²) in [5, 5.41) is 3.62. The summed E-state index contributed by atoms with van der Waals surface area (Å²) in [6, 6.07) is 10.5. The summed E-state index contributed by atoms with van der Waals surface area (Å²) in [5.74, 6) is -0.552. The minimum Gasteiger partial charge on any atom is -0.342 e. The molecule has 1 fully saturated rings. The van der Waals surface area contributed by atoms with Gasteiger partial charge in [-0.25, -0.2) is 13.4 Å². The molecule has 4 rings (SSSR count). The lowest BCUT2D eigenvalue weighted by Crippen LogP contribution is -2.45. The number of thiazole rings is 1. The third kappa shape index (κ3) is 8.01. The van der Waals surface area contributed by atoms with Crippen LogP contribution in [0.1, 0.15) is 42.4 Å². The Labute approximate surface area is 238 Å². The molecule has 41 heavy (non-hydrogen) atoms. The monoisotopic (exact) mass is 617 g/mol. The third-order valence-electron chi connectivity index (χ3n) is 6.86. The lowest BCUT2D eigenvalue weighted by molar-refractivity contribution is -0.137. The third-order valence-corrected chi connectivity index (χ3v) is 9.56. The number of anilines is 2. The zero-order valence-corrected chi connectivity index (χ0v) is 23.5. The number of hydrogen-bond donors (Lipinski definition) is 1. The van der Waals surface area contributed by atoms with E-state index in [1.807, 2.05) is 0 Å². The average Bonchev–Trinajstić information content (AvgIpc) is 3.39. The minimum absolute atomic E-state index is 0.00967. The molecule has 2 heterocycles. The van der Waals surface area contributed by atoms with E-state index in [9.17, 15) is 35.2 Å². The van der Waals surface area contributed by atoms with Crippen LogP contribution in [0, 0.1) is 0 Å². The van der Waals surface area contributed by atoms with E-state index in [-0.39, 0.29) is 35.5 Å². The van der Waals surface area contributed by atoms with Crippen LogP contribution in [-0.4, -0.2) is 50.9 Å². The topological polar surface area (TPSA) is 88.6 Å². The second kappa shape index (κ2) is 12.8. The number of nitrogens with zero attached hydrogens (tertiary/aromatic N) is 2. The summed E-state index contributed by atoms with van der Waals surface area (Å²) in [4.78, 5) is 19.0. The maximum absolute atomic E-state index is 13.0. The van der Waals surface area contributed by atoms with E-state index >= 15 is 0 Å². The van der Waals surface area contributed by atoms with Crippen LogP contribution < -0.4 is 10.2 Å². The van der Waals surface area contributed by atoms with Gasteiger partial charge in [-0.2, -0.15) is 22.0 Å². The molecule has 2 atom stereocenters. The van der Waals surface area contributed by atoms with Crippen molar-refractivity contribution < 1.29 is 39.9 Å². The minimum atomic E-state index is -4.45. The highest BCUT2D eigenvalue weighted by atomic mass is 32.2. The Morgan fingerprint density at radius 2 is 1.80 bits per heavy atom. The predicted molar refractivity (Wildman–Crippen MR) is 145 cm³/mol. The van der Waals surface area contributed by atoms with E-state index in [0.717, 1.165) is 23.5 Å². The van der Waals surface area contributed by atoms with Crippen molar-refractivity contribution in [1.29, 1.82) is 0 Å². The van der Waals surface area contributed by atoms with E-state index in [1.165, 1.54) is 30.5 Å². The molecule has 3 aromatic rings. The highest BCUT2D eigenvalue weighted by Gasteiger charge is 2.33. The van der Waals surface area contributed by atoms with Crippen molar-refractivity contribution in [3.05, 3.63) is 71.4 Å². The average molecular weight is 618 g/mol. The Kier molecular flexibility index (Phi) is 9.65. The summed E-state index contributed by atoms with van der Waals surface area (Å²) in [5.41, 5.74) is 0.556. The number of carbonyl (C=O) groups is 1. The van der Waals surface area contributed by atoms with Crippen molar-refractivity contribution in [3.63, 3.8) is 0 Å². The molecule has 222 valence electrons. The molecule has 2 aromatic carbocycles. The van der Waals surface area contributed by atoms with Gasteiger partial charge in [0.1, 0.15) is 5.00 Å². The zero-order chi connectivity index (χ0) is 29.8. The van der Waals surface area contributed by atoms with Gasteiger partial charge in [0.15, 0.2) is 15.0 Å². The van der Waals surface area contributed by atoms with Gasteiger partial charge in [0.05, 0.1) is 41.5 Å². The second-order valence-electron chi connectivity index (χ2n) is 9.57. The number of nitrogens with one attached hydrogen (secondary N) is 1. The molecule has 1 aliphatic rings. The standard InChI is InChI=1S/C27H28F5N3O4S2/c1-2-41(37,38)22-11-3-17(4-12-22)13-23(36)34-24-14-33-26(40-24)35-15-19(7-10-21(35)16-39-25(28)29)18-5-8-20(9-6-18)27(30,31)32/h3-6,8-9,11-12,14,19,21,25H,2,7,10,13,15-16H2,1H3,(H,34,36)/t19-,21-/m0/s1. The molecule has 0 aliphatic carbocycles. The normalized spacial score (nSPS) is 18.1. The molecule has 1 amide bonds. The highest BCUT2D eigenvalue weighted by molar-refractivity contribution is 7.91. The van der Waals surface area contributed by atoms with Crippen molar-refractivity contribution in [2.24, 2.45) is 0 Å². The maximum Gasteiger partial charge on any atom is 0.416 e. The Bertz CT molecular complexity index is 1430. The van der Waals surface area contributed by atoms with Gasteiger partial charge >= 0.3 is 12.8 Å². The predicted octanol–water partition coefficient (Wildman–Crippen LogP) is 6.13. The molecule has 14 heteroatoms. The molecular formula is C27H28F5N3O4S2. The fourth-order valence-corrected chi connectivity index (χ4v) is 6.44. The number of hydrogen-bond acceptors (Lipinski definition) is 7. The van der Waals surface area contributed by atoms with E-state index in [2.05, 4.69) is 15.0 Å². The van der Waals surface area contributed by atoms with Crippen molar-refractivity contribution in [2.45, 2.75) is 55.8 Å². The van der Waals surface area contributed by atoms with Crippen LogP contribution in [0.4, 0.5) is 32.1 Å². The van der Waals surface area contributed by atoms with Crippen molar-refractivity contribution in [3.8, 4) is 0 Å². The van der Waals surface area contributed by atoms with E-state index in [4.69, 9.17) is 0 Å². The van der Waals surface area contributed by atoms with Gasteiger partial charge in [0, 0.05) is 12.5 Å². The molecule has 0 saturated carbocycles. The largest absolute Gasteiger partial charge is 0.416 e. The zero-order valence-electron chi connectivity index (χ0n) is 21.9. The molecule has 0 bridgehead atoms. The van der Waals surface area contributed by atoms with Crippen LogP contribution in [0.15, 0.2) is 59.6 Å². The molecular weight excluding hydrogens is 589 g/mol. The van der Waals surface area contributed by atoms with Crippen LogP contribution in [0.3, 0.4) is 0 Å². The summed E-state index contributed by atoms with van der Waals surface area (Å²) in [6.45, 7) is -1.35. The van der Waals surface area contributed by atoms with Gasteiger partial charge in [0.25, 0.3) is 0 Å². The SMILES string of the molecule is CCS(=O)(=O)c1ccc(CC(=O)Nc2cnc(N3C[C@@H](c4ccc(C(F)(F)F)cc4)CC[C@H]3COC(F)F)s2)cc1. The summed E-state index contributed by atoms with van der Waals surface area (Å²) < 4.78 is 93.1. The van der Waals surface area contributed by atoms with E-state index < -0.39 is 34.2 Å². The summed E-state index contributed by atoms with van der Waals surface area (Å²) in [6.07, 6.45) is -2.00. The smallest absolute Gasteiger partial charge is 0.342 e. The number of alkyl halides is 5. The quantitative estimate of drug-likeness (QED) is 0.276. The number of benzene rings is 2. The number of aromatic nitrogens is 1. The van der Waals surface area contributed by atoms with E-state index in [1.54, 1.807) is 24.0 Å². The van der Waals surface area contributed by atoms with Crippen molar-refractivity contribution >= 4 is 37.2 Å². The molecule has 7 nitrogen and oxygen atoms in total. The highest BCUT2D eigenvalue weighted by Crippen LogP contribution is 2.38. The molecule has 0 unspecified atom stereocenters. The first kappa shape index (κ1) is 30.8. The molecule has 0 spiro atoms. The molecule has 1 aliphatic heterocycles. The van der Waals surface area contributed by atoms with Gasteiger partial charge in [-0.15, -0.1) is 0 Å². The molecule has 1 saturated heterocycles. The Morgan fingerprint density at radius 1 is 1.12 bits per heavy atom. The first-order chi connectivity index (χ1) is 19.4. The van der Waals surface area contributed by atoms with Crippen molar-refractivity contribution in [2.75, 3.05) is 29.1 Å². The van der Waals surface area contributed by atoms with Crippen LogP contribution in [0.25, 0.3) is 0 Å². The molecule has 1 aromatic heterocycles. The maximum atomic E-state index is 13.0. The number of amides is 1.